The van der Waals surface area contributed by atoms with Gasteiger partial charge in [-0.25, -0.2) is 0 Å². The maximum Gasteiger partial charge on any atom is 0.212 e. The molecule has 2 heteroatoms. The molecule has 1 radical (unpaired) electrons. The van der Waals surface area contributed by atoms with Crippen molar-refractivity contribution >= 4 is 12.1 Å². The molecule has 1 atom stereocenters. The fourth-order valence-electron chi connectivity index (χ4n) is 1.85. The van der Waals surface area contributed by atoms with Crippen molar-refractivity contribution in [3.63, 3.8) is 0 Å². The van der Waals surface area contributed by atoms with Gasteiger partial charge < -0.3 is 0 Å². The van der Waals surface area contributed by atoms with Crippen LogP contribution < -0.4 is 0 Å². The first-order valence-corrected chi connectivity index (χ1v) is 6.24. The van der Waals surface area contributed by atoms with Gasteiger partial charge in [0, 0.05) is 6.42 Å². The summed E-state index contributed by atoms with van der Waals surface area (Å²) in [4.78, 5) is 23.2. The third kappa shape index (κ3) is 4.46. The Bertz CT molecular complexity index is 238. The topological polar surface area (TPSA) is 34.1 Å². The number of hydrogen-bond acceptors (Lipinski definition) is 2. The van der Waals surface area contributed by atoms with Gasteiger partial charge in [0.1, 0.15) is 5.78 Å². The van der Waals surface area contributed by atoms with E-state index in [0.717, 1.165) is 12.8 Å². The molecule has 0 aliphatic rings. The van der Waals surface area contributed by atoms with Gasteiger partial charge in [-0.3, -0.25) is 9.59 Å². The van der Waals surface area contributed by atoms with E-state index in [1.807, 2.05) is 20.1 Å². The molecule has 93 valence electrons. The number of ketones is 1. The fourth-order valence-corrected chi connectivity index (χ4v) is 1.85. The molecule has 0 N–H and O–H groups in total. The zero-order chi connectivity index (χ0) is 12.8. The van der Waals surface area contributed by atoms with Crippen molar-refractivity contribution in [2.45, 2.75) is 66.7 Å². The Morgan fingerprint density at radius 3 is 2.00 bits per heavy atom. The highest BCUT2D eigenvalue weighted by Gasteiger charge is 2.36. The lowest BCUT2D eigenvalue weighted by molar-refractivity contribution is -0.126. The predicted octanol–water partition coefficient (Wildman–Crippen LogP) is 3.69. The Kier molecular flexibility index (Phi) is 5.91. The van der Waals surface area contributed by atoms with Crippen LogP contribution in [0.1, 0.15) is 66.7 Å². The average Bonchev–Trinajstić information content (AvgIpc) is 2.21. The van der Waals surface area contributed by atoms with Crippen LogP contribution in [0.4, 0.5) is 0 Å². The van der Waals surface area contributed by atoms with E-state index in [1.54, 1.807) is 0 Å². The summed E-state index contributed by atoms with van der Waals surface area (Å²) in [5.74, 6) is 0.0711. The molecule has 0 spiro atoms. The molecule has 0 aromatic carbocycles. The molecule has 0 aromatic rings. The van der Waals surface area contributed by atoms with Crippen molar-refractivity contribution in [1.29, 1.82) is 0 Å². The highest BCUT2D eigenvalue weighted by Crippen LogP contribution is 2.31. The van der Waals surface area contributed by atoms with Crippen molar-refractivity contribution in [1.82, 2.24) is 0 Å². The van der Waals surface area contributed by atoms with Gasteiger partial charge in [-0.2, -0.15) is 0 Å². The zero-order valence-corrected chi connectivity index (χ0v) is 11.4. The number of rotatable bonds is 7. The molecule has 0 aromatic heterocycles. The lowest BCUT2D eigenvalue weighted by Gasteiger charge is -2.25. The van der Waals surface area contributed by atoms with E-state index < -0.39 is 5.41 Å². The van der Waals surface area contributed by atoms with Crippen LogP contribution in [0.15, 0.2) is 0 Å². The summed E-state index contributed by atoms with van der Waals surface area (Å²) < 4.78 is 0. The summed E-state index contributed by atoms with van der Waals surface area (Å²) in [6, 6.07) is 0. The number of carbonyl (C=O) groups is 1. The van der Waals surface area contributed by atoms with Gasteiger partial charge in [0.15, 0.2) is 0 Å². The summed E-state index contributed by atoms with van der Waals surface area (Å²) in [7, 11) is 0. The molecule has 0 aliphatic carbocycles. The van der Waals surface area contributed by atoms with Crippen LogP contribution in [0.3, 0.4) is 0 Å². The first kappa shape index (κ1) is 15.3. The number of carbonyl (C=O) groups excluding carboxylic acids is 2. The van der Waals surface area contributed by atoms with Gasteiger partial charge in [-0.15, -0.1) is 0 Å². The molecule has 2 nitrogen and oxygen atoms in total. The van der Waals surface area contributed by atoms with E-state index in [0.29, 0.717) is 19.3 Å². The van der Waals surface area contributed by atoms with Crippen LogP contribution in [0.25, 0.3) is 0 Å². The summed E-state index contributed by atoms with van der Waals surface area (Å²) >= 11 is 0. The third-order valence-corrected chi connectivity index (χ3v) is 3.11. The van der Waals surface area contributed by atoms with E-state index >= 15 is 0 Å². The molecule has 0 rings (SSSR count). The lowest BCUT2D eigenvalue weighted by atomic mass is 9.75. The second kappa shape index (κ2) is 6.17. The van der Waals surface area contributed by atoms with E-state index in [-0.39, 0.29) is 11.2 Å². The largest absolute Gasteiger partial charge is 0.299 e. The summed E-state index contributed by atoms with van der Waals surface area (Å²) in [5, 5.41) is 0. The Morgan fingerprint density at radius 2 is 1.69 bits per heavy atom. The van der Waals surface area contributed by atoms with Crippen molar-refractivity contribution < 1.29 is 9.59 Å². The maximum absolute atomic E-state index is 12.1. The molecule has 0 amide bonds. The molecule has 0 fully saturated rings. The quantitative estimate of drug-likeness (QED) is 0.619. The fraction of sp³-hybridized carbons (Fsp3) is 0.857. The molecule has 0 bridgehead atoms. The molecule has 1 unspecified atom stereocenters. The minimum atomic E-state index is -0.833. The number of hydrogen-bond donors (Lipinski definition) is 0. The van der Waals surface area contributed by atoms with E-state index in [4.69, 9.17) is 0 Å². The molecular formula is C14H25O2. The molecule has 0 heterocycles. The first-order chi connectivity index (χ1) is 7.31. The highest BCUT2D eigenvalue weighted by atomic mass is 16.1. The molecule has 0 saturated heterocycles. The van der Waals surface area contributed by atoms with Crippen LogP contribution in [-0.2, 0) is 9.59 Å². The second-order valence-corrected chi connectivity index (χ2v) is 5.77. The minimum absolute atomic E-state index is 0.0711. The standard InChI is InChI=1S/C14H25O2/c1-6-9-14(7-2,11-15)12(16)8-10-13(3,4)5/h6-10H2,1-5H3. The van der Waals surface area contributed by atoms with Crippen LogP contribution in [0.2, 0.25) is 0 Å². The molecule has 16 heavy (non-hydrogen) atoms. The maximum atomic E-state index is 12.1. The van der Waals surface area contributed by atoms with Crippen molar-refractivity contribution in [3.8, 4) is 0 Å². The van der Waals surface area contributed by atoms with E-state index in [9.17, 15) is 9.59 Å². The monoisotopic (exact) mass is 225 g/mol. The molecule has 0 aliphatic heterocycles. The van der Waals surface area contributed by atoms with Crippen LogP contribution in [0.5, 0.6) is 0 Å². The Morgan fingerprint density at radius 1 is 1.12 bits per heavy atom. The van der Waals surface area contributed by atoms with Crippen molar-refractivity contribution in [2.24, 2.45) is 10.8 Å². The summed E-state index contributed by atoms with van der Waals surface area (Å²) in [6.45, 7) is 10.2. The van der Waals surface area contributed by atoms with Crippen LogP contribution >= 0.6 is 0 Å². The first-order valence-electron chi connectivity index (χ1n) is 6.24. The van der Waals surface area contributed by atoms with E-state index in [1.165, 1.54) is 0 Å². The Balaban J connectivity index is 4.57. The average molecular weight is 225 g/mol. The highest BCUT2D eigenvalue weighted by molar-refractivity contribution is 5.98. The normalized spacial score (nSPS) is 15.6. The van der Waals surface area contributed by atoms with Gasteiger partial charge >= 0.3 is 0 Å². The summed E-state index contributed by atoms with van der Waals surface area (Å²) in [6.07, 6.45) is 5.39. The molecular weight excluding hydrogens is 200 g/mol. The van der Waals surface area contributed by atoms with Gasteiger partial charge in [-0.05, 0) is 24.7 Å². The Hall–Kier alpha value is -0.660. The van der Waals surface area contributed by atoms with Gasteiger partial charge in [0.25, 0.3) is 0 Å². The summed E-state index contributed by atoms with van der Waals surface area (Å²) in [5.41, 5.74) is -0.690. The van der Waals surface area contributed by atoms with Gasteiger partial charge in [-0.1, -0.05) is 41.0 Å². The lowest BCUT2D eigenvalue weighted by Crippen LogP contribution is -2.32. The van der Waals surface area contributed by atoms with E-state index in [2.05, 4.69) is 20.8 Å². The third-order valence-electron chi connectivity index (χ3n) is 3.11. The van der Waals surface area contributed by atoms with Crippen molar-refractivity contribution in [3.05, 3.63) is 0 Å². The zero-order valence-electron chi connectivity index (χ0n) is 11.4. The SMILES string of the molecule is CCCC([C]=O)(CC)C(=O)CCC(C)(C)C. The van der Waals surface area contributed by atoms with Crippen LogP contribution in [0, 0.1) is 10.8 Å². The van der Waals surface area contributed by atoms with Gasteiger partial charge in [0.2, 0.25) is 6.29 Å². The smallest absolute Gasteiger partial charge is 0.212 e. The molecule has 0 saturated carbocycles. The number of Topliss-reactive ketones (excluding diaryl/α,β-unsaturated/α-hetero) is 1. The second-order valence-electron chi connectivity index (χ2n) is 5.77. The Labute approximate surface area is 99.8 Å². The van der Waals surface area contributed by atoms with Crippen molar-refractivity contribution in [2.75, 3.05) is 0 Å². The van der Waals surface area contributed by atoms with Crippen LogP contribution in [-0.4, -0.2) is 12.1 Å². The predicted molar refractivity (Wildman–Crippen MR) is 67.0 cm³/mol. The van der Waals surface area contributed by atoms with Gasteiger partial charge in [0.05, 0.1) is 5.41 Å². The minimum Gasteiger partial charge on any atom is -0.299 e.